The number of nitrogens with one attached hydrogen (secondary N) is 1. The summed E-state index contributed by atoms with van der Waals surface area (Å²) < 4.78 is 0. The molecule has 1 radical (unpaired) electrons. The molecule has 0 bridgehead atoms. The molecule has 1 aliphatic rings. The van der Waals surface area contributed by atoms with Gasteiger partial charge in [0.1, 0.15) is 6.04 Å². The van der Waals surface area contributed by atoms with Gasteiger partial charge in [0.05, 0.1) is 0 Å². The Morgan fingerprint density at radius 1 is 1.42 bits per heavy atom. The fraction of sp³-hybridized carbons (Fsp3) is 0.353. The first kappa shape index (κ1) is 22.6. The standard InChI is InChI=1S/C14H13N2O4.C3H7.Y/c1-9-4-2-3-5-10(9)14(20)16(8-17)11-6-7-12(18)15-13(11)19;1-3-2;/h2,4-5,8,11H,6-7H2,1H3,(H,15,18,19);3H,1-2H3;/q2*-1;. The van der Waals surface area contributed by atoms with Gasteiger partial charge in [-0.3, -0.25) is 29.4 Å². The van der Waals surface area contributed by atoms with Crippen molar-refractivity contribution in [2.45, 2.75) is 39.7 Å². The SMILES string of the molecule is C[CH-]C.Cc1cc[c-]cc1C(=O)N(C=O)C1CCC(=O)NC1=O.[Y]. The Kier molecular flexibility index (Phi) is 10.6. The van der Waals surface area contributed by atoms with E-state index in [1.807, 2.05) is 20.3 Å². The predicted octanol–water partition coefficient (Wildman–Crippen LogP) is 1.43. The number of hydrogen-bond donors (Lipinski definition) is 1. The fourth-order valence-electron chi connectivity index (χ4n) is 2.09. The average Bonchev–Trinajstić information content (AvgIpc) is 2.51. The largest absolute Gasteiger partial charge is 0.335 e. The summed E-state index contributed by atoms with van der Waals surface area (Å²) in [6.07, 6.45) is 2.58. The summed E-state index contributed by atoms with van der Waals surface area (Å²) in [5.74, 6) is -1.59. The molecule has 0 spiro atoms. The van der Waals surface area contributed by atoms with Gasteiger partial charge in [0.2, 0.25) is 24.1 Å². The monoisotopic (exact) mass is 405 g/mol. The molecule has 0 aliphatic carbocycles. The van der Waals surface area contributed by atoms with E-state index >= 15 is 0 Å². The van der Waals surface area contributed by atoms with Crippen molar-refractivity contribution in [3.63, 3.8) is 0 Å². The quantitative estimate of drug-likeness (QED) is 0.469. The molecule has 1 heterocycles. The number of benzene rings is 1. The smallest absolute Gasteiger partial charge is 0.249 e. The van der Waals surface area contributed by atoms with Crippen LogP contribution in [0.4, 0.5) is 0 Å². The summed E-state index contributed by atoms with van der Waals surface area (Å²) in [6.45, 7) is 5.73. The third kappa shape index (κ3) is 5.91. The van der Waals surface area contributed by atoms with Crippen LogP contribution in [0.15, 0.2) is 18.2 Å². The number of hydrogen-bond acceptors (Lipinski definition) is 4. The number of amides is 4. The van der Waals surface area contributed by atoms with Gasteiger partial charge in [-0.2, -0.15) is 38.1 Å². The van der Waals surface area contributed by atoms with Gasteiger partial charge in [0.15, 0.2) is 0 Å². The first-order valence-electron chi connectivity index (χ1n) is 7.28. The molecule has 1 atom stereocenters. The van der Waals surface area contributed by atoms with Gasteiger partial charge in [-0.05, 0) is 6.42 Å². The summed E-state index contributed by atoms with van der Waals surface area (Å²) in [4.78, 5) is 47.2. The summed E-state index contributed by atoms with van der Waals surface area (Å²) in [5.41, 5.74) is 0.997. The number of carbonyl (C=O) groups is 4. The van der Waals surface area contributed by atoms with E-state index in [0.29, 0.717) is 17.5 Å². The van der Waals surface area contributed by atoms with Gasteiger partial charge in [-0.25, -0.2) is 0 Å². The number of piperidine rings is 1. The molecule has 1 aliphatic heterocycles. The number of imide groups is 2. The Morgan fingerprint density at radius 3 is 2.54 bits per heavy atom. The normalized spacial score (nSPS) is 16.0. The van der Waals surface area contributed by atoms with Crippen LogP contribution in [-0.4, -0.2) is 35.1 Å². The Labute approximate surface area is 167 Å². The third-order valence-corrected chi connectivity index (χ3v) is 3.21. The Morgan fingerprint density at radius 2 is 2.04 bits per heavy atom. The summed E-state index contributed by atoms with van der Waals surface area (Å²) in [6, 6.07) is 6.64. The Balaban J connectivity index is 0.00000123. The second kappa shape index (κ2) is 11.2. The Hall–Kier alpha value is -1.40. The summed E-state index contributed by atoms with van der Waals surface area (Å²) in [5, 5.41) is 2.13. The molecular formula is C17H20N2O4Y-2. The Bertz CT molecular complexity index is 604. The van der Waals surface area contributed by atoms with Gasteiger partial charge in [0, 0.05) is 39.1 Å². The van der Waals surface area contributed by atoms with Crippen LogP contribution in [0.25, 0.3) is 0 Å². The molecular weight excluding hydrogens is 385 g/mol. The maximum Gasteiger partial charge on any atom is 0.249 e. The fourth-order valence-corrected chi connectivity index (χ4v) is 2.09. The minimum atomic E-state index is -0.947. The molecule has 1 aromatic rings. The minimum Gasteiger partial charge on any atom is -0.335 e. The van der Waals surface area contributed by atoms with Crippen molar-refractivity contribution >= 4 is 24.1 Å². The van der Waals surface area contributed by atoms with Crippen molar-refractivity contribution in [2.24, 2.45) is 0 Å². The van der Waals surface area contributed by atoms with Crippen molar-refractivity contribution in [2.75, 3.05) is 0 Å². The van der Waals surface area contributed by atoms with E-state index in [4.69, 9.17) is 0 Å². The van der Waals surface area contributed by atoms with Crippen LogP contribution in [0.1, 0.15) is 42.6 Å². The van der Waals surface area contributed by atoms with Crippen molar-refractivity contribution < 1.29 is 51.9 Å². The molecule has 0 aromatic heterocycles. The van der Waals surface area contributed by atoms with Crippen molar-refractivity contribution in [3.8, 4) is 0 Å². The third-order valence-electron chi connectivity index (χ3n) is 3.21. The van der Waals surface area contributed by atoms with Crippen molar-refractivity contribution in [3.05, 3.63) is 41.8 Å². The summed E-state index contributed by atoms with van der Waals surface area (Å²) >= 11 is 0. The van der Waals surface area contributed by atoms with Crippen molar-refractivity contribution in [1.82, 2.24) is 10.2 Å². The topological polar surface area (TPSA) is 83.6 Å². The van der Waals surface area contributed by atoms with Crippen LogP contribution >= 0.6 is 0 Å². The molecule has 24 heavy (non-hydrogen) atoms. The van der Waals surface area contributed by atoms with Crippen LogP contribution in [0.2, 0.25) is 0 Å². The maximum absolute atomic E-state index is 12.3. The molecule has 1 aromatic carbocycles. The van der Waals surface area contributed by atoms with Crippen molar-refractivity contribution in [1.29, 1.82) is 0 Å². The number of nitrogens with zero attached hydrogens (tertiary/aromatic N) is 1. The van der Waals surface area contributed by atoms with Gasteiger partial charge < -0.3 is 6.42 Å². The zero-order valence-corrected chi connectivity index (χ0v) is 16.9. The van der Waals surface area contributed by atoms with Gasteiger partial charge >= 0.3 is 0 Å². The zero-order valence-electron chi connectivity index (χ0n) is 14.0. The van der Waals surface area contributed by atoms with E-state index < -0.39 is 23.8 Å². The molecule has 127 valence electrons. The average molecular weight is 405 g/mol. The molecule has 7 heteroatoms. The molecule has 6 nitrogen and oxygen atoms in total. The second-order valence-corrected chi connectivity index (χ2v) is 5.10. The minimum absolute atomic E-state index is 0. The first-order chi connectivity index (χ1) is 11.0. The van der Waals surface area contributed by atoms with Crippen LogP contribution < -0.4 is 5.32 Å². The number of carbonyl (C=O) groups excluding carboxylic acids is 4. The number of aryl methyl sites for hydroxylation is 1. The van der Waals surface area contributed by atoms with Crippen LogP contribution in [-0.2, 0) is 47.1 Å². The van der Waals surface area contributed by atoms with E-state index in [1.54, 1.807) is 19.1 Å². The van der Waals surface area contributed by atoms with Gasteiger partial charge in [-0.1, -0.05) is 12.5 Å². The van der Waals surface area contributed by atoms with E-state index in [1.165, 1.54) is 6.07 Å². The first-order valence-corrected chi connectivity index (χ1v) is 7.28. The van der Waals surface area contributed by atoms with E-state index in [0.717, 1.165) is 4.90 Å². The molecule has 1 N–H and O–H groups in total. The van der Waals surface area contributed by atoms with Crippen LogP contribution in [0.3, 0.4) is 0 Å². The van der Waals surface area contributed by atoms with E-state index in [9.17, 15) is 19.2 Å². The molecule has 2 rings (SSSR count). The van der Waals surface area contributed by atoms with Gasteiger partial charge in [0.25, 0.3) is 0 Å². The number of rotatable bonds is 3. The van der Waals surface area contributed by atoms with E-state index in [2.05, 4.69) is 11.4 Å². The predicted molar refractivity (Wildman–Crippen MR) is 84.1 cm³/mol. The molecule has 1 fully saturated rings. The van der Waals surface area contributed by atoms with E-state index in [-0.39, 0.29) is 45.6 Å². The molecule has 1 saturated heterocycles. The molecule has 1 unspecified atom stereocenters. The maximum atomic E-state index is 12.3. The zero-order chi connectivity index (χ0) is 17.4. The van der Waals surface area contributed by atoms with Crippen LogP contribution in [0, 0.1) is 19.4 Å². The van der Waals surface area contributed by atoms with Gasteiger partial charge in [-0.15, -0.1) is 5.56 Å². The summed E-state index contributed by atoms with van der Waals surface area (Å²) in [7, 11) is 0. The second-order valence-electron chi connectivity index (χ2n) is 5.10. The van der Waals surface area contributed by atoms with Crippen LogP contribution in [0.5, 0.6) is 0 Å². The molecule has 0 saturated carbocycles. The molecule has 4 amide bonds.